The van der Waals surface area contributed by atoms with E-state index < -0.39 is 28.9 Å². The highest BCUT2D eigenvalue weighted by molar-refractivity contribution is 5.94. The molecule has 16 heavy (non-hydrogen) atoms. The second-order valence-electron chi connectivity index (χ2n) is 3.04. The molecule has 0 aromatic heterocycles. The van der Waals surface area contributed by atoms with Gasteiger partial charge in [-0.3, -0.25) is 4.79 Å². The monoisotopic (exact) mass is 228 g/mol. The van der Waals surface area contributed by atoms with E-state index >= 15 is 0 Å². The van der Waals surface area contributed by atoms with Crippen LogP contribution >= 0.6 is 0 Å². The Bertz CT molecular complexity index is 468. The third kappa shape index (κ3) is 2.14. The predicted molar refractivity (Wildman–Crippen MR) is 48.9 cm³/mol. The van der Waals surface area contributed by atoms with E-state index in [-0.39, 0.29) is 6.54 Å². The molecular formula is C10H7F3N2O. The first kappa shape index (κ1) is 12.0. The van der Waals surface area contributed by atoms with Crippen LogP contribution in [-0.4, -0.2) is 24.4 Å². The number of carbonyl (C=O) groups excluding carboxylic acids is 1. The number of hydrogen-bond donors (Lipinski definition) is 0. The number of hydrogen-bond acceptors (Lipinski definition) is 2. The summed E-state index contributed by atoms with van der Waals surface area (Å²) in [4.78, 5) is 12.4. The average molecular weight is 228 g/mol. The number of halogens is 3. The van der Waals surface area contributed by atoms with Gasteiger partial charge in [-0.1, -0.05) is 0 Å². The summed E-state index contributed by atoms with van der Waals surface area (Å²) < 4.78 is 38.6. The summed E-state index contributed by atoms with van der Waals surface area (Å²) in [7, 11) is 1.26. The van der Waals surface area contributed by atoms with Crippen molar-refractivity contribution in [2.45, 2.75) is 0 Å². The van der Waals surface area contributed by atoms with Crippen LogP contribution in [0.1, 0.15) is 10.4 Å². The number of carbonyl (C=O) groups is 1. The lowest BCUT2D eigenvalue weighted by Crippen LogP contribution is -2.28. The molecule has 1 amide bonds. The van der Waals surface area contributed by atoms with Crippen LogP contribution in [0.5, 0.6) is 0 Å². The third-order valence-corrected chi connectivity index (χ3v) is 1.92. The van der Waals surface area contributed by atoms with Crippen molar-refractivity contribution in [2.24, 2.45) is 0 Å². The molecule has 0 spiro atoms. The van der Waals surface area contributed by atoms with Crippen molar-refractivity contribution in [2.75, 3.05) is 13.6 Å². The van der Waals surface area contributed by atoms with Gasteiger partial charge in [0.2, 0.25) is 0 Å². The molecule has 0 radical (unpaired) electrons. The van der Waals surface area contributed by atoms with E-state index in [9.17, 15) is 18.0 Å². The summed E-state index contributed by atoms with van der Waals surface area (Å²) in [6.07, 6.45) is 0. The van der Waals surface area contributed by atoms with Crippen LogP contribution < -0.4 is 0 Å². The topological polar surface area (TPSA) is 44.1 Å². The van der Waals surface area contributed by atoms with Gasteiger partial charge in [-0.15, -0.1) is 0 Å². The number of amides is 1. The fraction of sp³-hybridized carbons (Fsp3) is 0.200. The minimum absolute atomic E-state index is 0.267. The van der Waals surface area contributed by atoms with Crippen molar-refractivity contribution < 1.29 is 18.0 Å². The minimum atomic E-state index is -1.70. The lowest BCUT2D eigenvalue weighted by atomic mass is 10.1. The Morgan fingerprint density at radius 1 is 1.38 bits per heavy atom. The Hall–Kier alpha value is -2.03. The molecule has 0 N–H and O–H groups in total. The van der Waals surface area contributed by atoms with Gasteiger partial charge in [0.15, 0.2) is 17.5 Å². The van der Waals surface area contributed by atoms with Gasteiger partial charge < -0.3 is 4.90 Å². The van der Waals surface area contributed by atoms with Gasteiger partial charge in [-0.25, -0.2) is 13.2 Å². The Morgan fingerprint density at radius 3 is 2.56 bits per heavy atom. The molecule has 0 unspecified atom stereocenters. The lowest BCUT2D eigenvalue weighted by Gasteiger charge is -2.13. The molecule has 0 saturated heterocycles. The quantitative estimate of drug-likeness (QED) is 0.571. The summed E-state index contributed by atoms with van der Waals surface area (Å²) >= 11 is 0. The summed E-state index contributed by atoms with van der Waals surface area (Å²) in [6.45, 7) is -0.267. The van der Waals surface area contributed by atoms with Crippen LogP contribution in [0.15, 0.2) is 12.1 Å². The van der Waals surface area contributed by atoms with E-state index in [1.165, 1.54) is 7.05 Å². The van der Waals surface area contributed by atoms with Gasteiger partial charge in [0.1, 0.15) is 6.54 Å². The highest BCUT2D eigenvalue weighted by Gasteiger charge is 2.20. The van der Waals surface area contributed by atoms with E-state index in [0.29, 0.717) is 6.07 Å². The highest BCUT2D eigenvalue weighted by Crippen LogP contribution is 2.16. The van der Waals surface area contributed by atoms with Crippen molar-refractivity contribution in [1.82, 2.24) is 4.90 Å². The van der Waals surface area contributed by atoms with E-state index in [1.807, 2.05) is 0 Å². The van der Waals surface area contributed by atoms with Crippen molar-refractivity contribution >= 4 is 5.91 Å². The molecule has 6 heteroatoms. The van der Waals surface area contributed by atoms with Gasteiger partial charge in [-0.05, 0) is 12.1 Å². The van der Waals surface area contributed by atoms with Crippen molar-refractivity contribution in [3.05, 3.63) is 35.1 Å². The fourth-order valence-electron chi connectivity index (χ4n) is 1.07. The molecule has 84 valence electrons. The second-order valence-corrected chi connectivity index (χ2v) is 3.04. The summed E-state index contributed by atoms with van der Waals surface area (Å²) in [6, 6.07) is 3.17. The van der Waals surface area contributed by atoms with Gasteiger partial charge in [0.05, 0.1) is 11.6 Å². The molecule has 0 aliphatic carbocycles. The number of benzene rings is 1. The summed E-state index contributed by atoms with van der Waals surface area (Å²) in [5.74, 6) is -5.49. The van der Waals surface area contributed by atoms with Gasteiger partial charge in [0.25, 0.3) is 5.91 Å². The lowest BCUT2D eigenvalue weighted by molar-refractivity contribution is 0.0806. The van der Waals surface area contributed by atoms with E-state index in [2.05, 4.69) is 0 Å². The Labute approximate surface area is 89.7 Å². The number of rotatable bonds is 2. The van der Waals surface area contributed by atoms with Gasteiger partial charge >= 0.3 is 0 Å². The molecule has 0 saturated carbocycles. The predicted octanol–water partition coefficient (Wildman–Crippen LogP) is 1.70. The molecular weight excluding hydrogens is 221 g/mol. The standard InChI is InChI=1S/C10H7F3N2O/c1-15(5-4-14)10(16)6-2-3-7(11)9(13)8(6)12/h2-3H,5H2,1H3. The summed E-state index contributed by atoms with van der Waals surface area (Å²) in [5, 5.41) is 8.33. The maximum Gasteiger partial charge on any atom is 0.257 e. The molecule has 0 aliphatic rings. The van der Waals surface area contributed by atoms with Crippen molar-refractivity contribution in [1.29, 1.82) is 5.26 Å². The zero-order valence-electron chi connectivity index (χ0n) is 8.30. The van der Waals surface area contributed by atoms with Crippen LogP contribution in [0.25, 0.3) is 0 Å². The van der Waals surface area contributed by atoms with Gasteiger partial charge in [0, 0.05) is 7.05 Å². The van der Waals surface area contributed by atoms with Crippen LogP contribution in [-0.2, 0) is 0 Å². The average Bonchev–Trinajstić information content (AvgIpc) is 2.26. The van der Waals surface area contributed by atoms with Crippen molar-refractivity contribution in [3.63, 3.8) is 0 Å². The van der Waals surface area contributed by atoms with Crippen molar-refractivity contribution in [3.8, 4) is 6.07 Å². The molecule has 0 aliphatic heterocycles. The normalized spacial score (nSPS) is 9.69. The van der Waals surface area contributed by atoms with Gasteiger partial charge in [-0.2, -0.15) is 5.26 Å². The summed E-state index contributed by atoms with van der Waals surface area (Å²) in [5.41, 5.74) is -0.600. The Kier molecular flexibility index (Phi) is 3.51. The fourth-order valence-corrected chi connectivity index (χ4v) is 1.07. The van der Waals surface area contributed by atoms with E-state index in [1.54, 1.807) is 6.07 Å². The second kappa shape index (κ2) is 4.66. The molecule has 1 aromatic rings. The largest absolute Gasteiger partial charge is 0.328 e. The maximum atomic E-state index is 13.2. The first-order valence-corrected chi connectivity index (χ1v) is 4.25. The SMILES string of the molecule is CN(CC#N)C(=O)c1ccc(F)c(F)c1F. The van der Waals surface area contributed by atoms with Crippen LogP contribution in [0.2, 0.25) is 0 Å². The molecule has 0 fully saturated rings. The Balaban J connectivity index is 3.11. The van der Waals surface area contributed by atoms with Crippen LogP contribution in [0.4, 0.5) is 13.2 Å². The Morgan fingerprint density at radius 2 is 2.00 bits per heavy atom. The number of nitriles is 1. The van der Waals surface area contributed by atoms with E-state index in [4.69, 9.17) is 5.26 Å². The molecule has 1 aromatic carbocycles. The maximum absolute atomic E-state index is 13.2. The third-order valence-electron chi connectivity index (χ3n) is 1.92. The molecule has 3 nitrogen and oxygen atoms in total. The van der Waals surface area contributed by atoms with Crippen LogP contribution in [0.3, 0.4) is 0 Å². The van der Waals surface area contributed by atoms with Crippen LogP contribution in [0, 0.1) is 28.8 Å². The van der Waals surface area contributed by atoms with E-state index in [0.717, 1.165) is 11.0 Å². The molecule has 1 rings (SSSR count). The molecule has 0 atom stereocenters. The zero-order chi connectivity index (χ0) is 12.3. The first-order valence-electron chi connectivity index (χ1n) is 4.25. The highest BCUT2D eigenvalue weighted by atomic mass is 19.2. The number of nitrogens with zero attached hydrogens (tertiary/aromatic N) is 2. The minimum Gasteiger partial charge on any atom is -0.328 e. The first-order chi connectivity index (χ1) is 7.49. The molecule has 0 bridgehead atoms. The smallest absolute Gasteiger partial charge is 0.257 e. The zero-order valence-corrected chi connectivity index (χ0v) is 8.30. The molecule has 0 heterocycles.